The molecule has 2 aliphatic rings. The molecule has 0 unspecified atom stereocenters. The van der Waals surface area contributed by atoms with Crippen molar-refractivity contribution in [2.45, 2.75) is 82.5 Å². The second kappa shape index (κ2) is 7.71. The van der Waals surface area contributed by atoms with Gasteiger partial charge in [-0.1, -0.05) is 50.1 Å². The maximum Gasteiger partial charge on any atom is 0.455 e. The van der Waals surface area contributed by atoms with Crippen LogP contribution in [0.2, 0.25) is 0 Å². The molecule has 0 atom stereocenters. The smallest absolute Gasteiger partial charge is 0.370 e. The van der Waals surface area contributed by atoms with Crippen LogP contribution in [-0.2, 0) is 4.79 Å². The number of allylic oxidation sites excluding steroid dienone is 1. The van der Waals surface area contributed by atoms with E-state index in [1.807, 2.05) is 4.90 Å². The Balaban J connectivity index is 2.17. The molecule has 0 radical (unpaired) electrons. The minimum atomic E-state index is -4.90. The van der Waals surface area contributed by atoms with Crippen LogP contribution >= 0.6 is 11.6 Å². The molecule has 2 aliphatic carbocycles. The Morgan fingerprint density at radius 1 is 0.909 bits per heavy atom. The van der Waals surface area contributed by atoms with Crippen molar-refractivity contribution in [1.29, 1.82) is 0 Å². The van der Waals surface area contributed by atoms with Gasteiger partial charge in [-0.05, 0) is 25.7 Å². The van der Waals surface area contributed by atoms with Crippen molar-refractivity contribution in [1.82, 2.24) is 4.90 Å². The Morgan fingerprint density at radius 3 is 1.68 bits per heavy atom. The molecule has 0 amide bonds. The van der Waals surface area contributed by atoms with Crippen molar-refractivity contribution in [3.8, 4) is 0 Å². The highest BCUT2D eigenvalue weighted by molar-refractivity contribution is 6.43. The first-order valence-corrected chi connectivity index (χ1v) is 8.53. The lowest BCUT2D eigenvalue weighted by Crippen LogP contribution is -2.42. The van der Waals surface area contributed by atoms with E-state index >= 15 is 0 Å². The first-order valence-electron chi connectivity index (χ1n) is 8.16. The molecule has 6 heteroatoms. The van der Waals surface area contributed by atoms with Gasteiger partial charge in [-0.3, -0.25) is 4.79 Å². The number of carbonyl (C=O) groups excluding carboxylic acids is 1. The largest absolute Gasteiger partial charge is 0.455 e. The normalized spacial score (nSPS) is 22.6. The van der Waals surface area contributed by atoms with Crippen LogP contribution < -0.4 is 0 Å². The Kier molecular flexibility index (Phi) is 6.18. The predicted octanol–water partition coefficient (Wildman–Crippen LogP) is 5.17. The van der Waals surface area contributed by atoms with Crippen LogP contribution in [0.1, 0.15) is 64.2 Å². The average molecular weight is 338 g/mol. The average Bonchev–Trinajstić information content (AvgIpc) is 2.52. The number of rotatable bonds is 4. The van der Waals surface area contributed by atoms with Gasteiger partial charge in [0.1, 0.15) is 5.03 Å². The van der Waals surface area contributed by atoms with Crippen LogP contribution in [0, 0.1) is 0 Å². The number of Topliss-reactive ketones (excluding diaryl/α,β-unsaturated/α-hetero) is 1. The number of hydrogen-bond donors (Lipinski definition) is 0. The minimum Gasteiger partial charge on any atom is -0.370 e. The van der Waals surface area contributed by atoms with Gasteiger partial charge in [-0.15, -0.1) is 0 Å². The van der Waals surface area contributed by atoms with Gasteiger partial charge in [0.25, 0.3) is 5.78 Å². The summed E-state index contributed by atoms with van der Waals surface area (Å²) in [4.78, 5) is 13.3. The number of nitrogens with zero attached hydrogens (tertiary/aromatic N) is 1. The topological polar surface area (TPSA) is 20.3 Å². The summed E-state index contributed by atoms with van der Waals surface area (Å²) >= 11 is 5.70. The maximum atomic E-state index is 12.5. The quantitative estimate of drug-likeness (QED) is 0.660. The lowest BCUT2D eigenvalue weighted by Gasteiger charge is -2.41. The zero-order valence-corrected chi connectivity index (χ0v) is 13.4. The highest BCUT2D eigenvalue weighted by Crippen LogP contribution is 2.32. The molecule has 126 valence electrons. The second-order valence-corrected chi connectivity index (χ2v) is 6.74. The molecular weight excluding hydrogens is 315 g/mol. The Morgan fingerprint density at radius 2 is 1.32 bits per heavy atom. The molecule has 0 aromatic rings. The van der Waals surface area contributed by atoms with Gasteiger partial charge in [-0.25, -0.2) is 0 Å². The van der Waals surface area contributed by atoms with Crippen LogP contribution in [0.5, 0.6) is 0 Å². The fraction of sp³-hybridized carbons (Fsp3) is 0.812. The van der Waals surface area contributed by atoms with E-state index in [1.54, 1.807) is 0 Å². The van der Waals surface area contributed by atoms with Crippen LogP contribution in [-0.4, -0.2) is 28.9 Å². The summed E-state index contributed by atoms with van der Waals surface area (Å²) in [5.74, 6) is -1.94. The molecule has 2 saturated carbocycles. The maximum absolute atomic E-state index is 12.5. The molecule has 22 heavy (non-hydrogen) atoms. The molecule has 0 aliphatic heterocycles. The highest BCUT2D eigenvalue weighted by Gasteiger charge is 2.41. The van der Waals surface area contributed by atoms with Gasteiger partial charge in [0.2, 0.25) is 0 Å². The number of halogens is 4. The molecule has 2 rings (SSSR count). The highest BCUT2D eigenvalue weighted by atomic mass is 35.5. The summed E-state index contributed by atoms with van der Waals surface area (Å²) in [6, 6.07) is 0.429. The van der Waals surface area contributed by atoms with Gasteiger partial charge in [0.05, 0.1) is 0 Å². The van der Waals surface area contributed by atoms with Gasteiger partial charge < -0.3 is 4.90 Å². The first-order chi connectivity index (χ1) is 10.4. The third kappa shape index (κ3) is 4.64. The van der Waals surface area contributed by atoms with Gasteiger partial charge in [-0.2, -0.15) is 13.2 Å². The van der Waals surface area contributed by atoms with Crippen LogP contribution in [0.4, 0.5) is 13.2 Å². The van der Waals surface area contributed by atoms with Crippen molar-refractivity contribution >= 4 is 17.4 Å². The second-order valence-electron chi connectivity index (χ2n) is 6.33. The van der Waals surface area contributed by atoms with E-state index in [9.17, 15) is 18.0 Å². The summed E-state index contributed by atoms with van der Waals surface area (Å²) in [5, 5.41) is -0.705. The first kappa shape index (κ1) is 17.6. The summed E-state index contributed by atoms with van der Waals surface area (Å²) in [5.41, 5.74) is 0. The number of carbonyl (C=O) groups is 1. The summed E-state index contributed by atoms with van der Waals surface area (Å²) < 4.78 is 37.6. The van der Waals surface area contributed by atoms with E-state index in [4.69, 9.17) is 11.6 Å². The summed E-state index contributed by atoms with van der Waals surface area (Å²) in [7, 11) is 0. The molecule has 2 nitrogen and oxygen atoms in total. The lowest BCUT2D eigenvalue weighted by atomic mass is 9.89. The van der Waals surface area contributed by atoms with E-state index in [0.29, 0.717) is 0 Å². The van der Waals surface area contributed by atoms with E-state index in [0.717, 1.165) is 51.4 Å². The third-order valence-corrected chi connectivity index (χ3v) is 5.00. The molecule has 0 spiro atoms. The fourth-order valence-electron chi connectivity index (χ4n) is 3.59. The molecular formula is C16H23ClF3NO. The van der Waals surface area contributed by atoms with Crippen molar-refractivity contribution in [2.75, 3.05) is 0 Å². The van der Waals surface area contributed by atoms with E-state index in [1.165, 1.54) is 19.0 Å². The minimum absolute atomic E-state index is 0.214. The number of alkyl halides is 3. The molecule has 0 aromatic heterocycles. The predicted molar refractivity (Wildman–Crippen MR) is 80.6 cm³/mol. The standard InChI is InChI=1S/C16H23ClF3NO/c17-14(15(22)16(18,19)20)11-21(12-7-3-1-4-8-12)13-9-5-2-6-10-13/h11-13H,1-10H2/b14-11-. The van der Waals surface area contributed by atoms with E-state index in [2.05, 4.69) is 0 Å². The fourth-order valence-corrected chi connectivity index (χ4v) is 3.81. The van der Waals surface area contributed by atoms with Crippen molar-refractivity contribution in [2.24, 2.45) is 0 Å². The molecule has 0 N–H and O–H groups in total. The van der Waals surface area contributed by atoms with Gasteiger partial charge in [0, 0.05) is 18.3 Å². The van der Waals surface area contributed by atoms with Gasteiger partial charge >= 0.3 is 6.18 Å². The molecule has 0 aromatic carbocycles. The summed E-state index contributed by atoms with van der Waals surface area (Å²) in [6.07, 6.45) is 6.96. The van der Waals surface area contributed by atoms with E-state index in [-0.39, 0.29) is 12.1 Å². The van der Waals surface area contributed by atoms with Crippen molar-refractivity contribution < 1.29 is 18.0 Å². The van der Waals surface area contributed by atoms with Crippen LogP contribution in [0.25, 0.3) is 0 Å². The van der Waals surface area contributed by atoms with Crippen molar-refractivity contribution in [3.63, 3.8) is 0 Å². The van der Waals surface area contributed by atoms with Crippen LogP contribution in [0.3, 0.4) is 0 Å². The molecule has 2 fully saturated rings. The molecule has 0 heterocycles. The zero-order valence-electron chi connectivity index (χ0n) is 12.7. The van der Waals surface area contributed by atoms with E-state index < -0.39 is 17.0 Å². The SMILES string of the molecule is O=C(/C(Cl)=C/N(C1CCCCC1)C1CCCCC1)C(F)(F)F. The number of hydrogen-bond acceptors (Lipinski definition) is 2. The molecule has 0 bridgehead atoms. The van der Waals surface area contributed by atoms with Crippen molar-refractivity contribution in [3.05, 3.63) is 11.2 Å². The summed E-state index contributed by atoms with van der Waals surface area (Å²) in [6.45, 7) is 0. The Bertz CT molecular complexity index is 392. The Labute approximate surface area is 134 Å². The monoisotopic (exact) mass is 337 g/mol. The third-order valence-electron chi connectivity index (χ3n) is 4.73. The van der Waals surface area contributed by atoms with Gasteiger partial charge in [0.15, 0.2) is 0 Å². The Hall–Kier alpha value is -0.710. The number of ketones is 1. The lowest BCUT2D eigenvalue weighted by molar-refractivity contribution is -0.165. The van der Waals surface area contributed by atoms with Crippen LogP contribution in [0.15, 0.2) is 11.2 Å². The zero-order chi connectivity index (χ0) is 16.2. The molecule has 0 saturated heterocycles.